The minimum Gasteiger partial charge on any atom is -0.444 e. The number of aryl methyl sites for hydroxylation is 1. The van der Waals surface area contributed by atoms with Crippen molar-refractivity contribution in [3.8, 4) is 5.69 Å². The summed E-state index contributed by atoms with van der Waals surface area (Å²) in [5.41, 5.74) is 0.767. The molecule has 0 saturated carbocycles. The molecular weight excluding hydrogens is 577 g/mol. The fraction of sp³-hybridized carbons (Fsp3) is 0.481. The van der Waals surface area contributed by atoms with Crippen LogP contribution in [0.2, 0.25) is 5.02 Å². The summed E-state index contributed by atoms with van der Waals surface area (Å²) in [6, 6.07) is 3.18. The van der Waals surface area contributed by atoms with E-state index in [4.69, 9.17) is 16.3 Å². The Kier molecular flexibility index (Phi) is 7.78. The first-order valence-corrected chi connectivity index (χ1v) is 13.7. The van der Waals surface area contributed by atoms with Crippen LogP contribution in [0.4, 0.5) is 15.0 Å². The highest BCUT2D eigenvalue weighted by Gasteiger charge is 2.33. The summed E-state index contributed by atoms with van der Waals surface area (Å²) in [7, 11) is 0. The van der Waals surface area contributed by atoms with Gasteiger partial charge in [-0.2, -0.15) is 4.98 Å². The second-order valence-electron chi connectivity index (χ2n) is 10.9. The lowest BCUT2D eigenvalue weighted by Gasteiger charge is -2.41. The molecule has 11 heteroatoms. The predicted molar refractivity (Wildman–Crippen MR) is 151 cm³/mol. The number of benzene rings is 1. The highest BCUT2D eigenvalue weighted by atomic mass is 79.9. The first kappa shape index (κ1) is 28.3. The van der Waals surface area contributed by atoms with Gasteiger partial charge in [-0.05, 0) is 74.2 Å². The number of piperazine rings is 1. The third-order valence-electron chi connectivity index (χ3n) is 6.47. The third-order valence-corrected chi connectivity index (χ3v) is 7.77. The number of pyridine rings is 1. The topological polar surface area (TPSA) is 80.6 Å². The Morgan fingerprint density at radius 2 is 1.97 bits per heavy atom. The quantitative estimate of drug-likeness (QED) is 0.329. The molecule has 1 amide bonds. The standard InChI is InChI=1S/C27H32BrClFN5O3/c1-14(2)21-22(15(3)8-9-31-21)35-23-17(12-18(29)19(28)20(23)30)24(32-25(35)36)34-11-10-33(13-16(34)4)26(37)38-27(5,6)7/h8-9,12,14,16H,10-11,13H2,1-7H3/t16-/m0/s1. The number of hydrogen-bond acceptors (Lipinski definition) is 6. The van der Waals surface area contributed by atoms with E-state index >= 15 is 4.39 Å². The molecule has 0 unspecified atom stereocenters. The van der Waals surface area contributed by atoms with Crippen LogP contribution in [0.15, 0.2) is 27.6 Å². The van der Waals surface area contributed by atoms with Gasteiger partial charge in [0.05, 0.1) is 26.4 Å². The van der Waals surface area contributed by atoms with E-state index in [-0.39, 0.29) is 27.0 Å². The molecule has 4 rings (SSSR count). The van der Waals surface area contributed by atoms with Gasteiger partial charge in [-0.15, -0.1) is 0 Å². The van der Waals surface area contributed by atoms with Crippen LogP contribution in [-0.2, 0) is 4.74 Å². The van der Waals surface area contributed by atoms with E-state index in [0.717, 1.165) is 5.56 Å². The van der Waals surface area contributed by atoms with Crippen molar-refractivity contribution in [2.75, 3.05) is 24.5 Å². The molecule has 3 aromatic rings. The van der Waals surface area contributed by atoms with Crippen molar-refractivity contribution in [2.24, 2.45) is 0 Å². The van der Waals surface area contributed by atoms with Gasteiger partial charge in [0, 0.05) is 37.3 Å². The molecule has 1 saturated heterocycles. The van der Waals surface area contributed by atoms with Crippen LogP contribution >= 0.6 is 27.5 Å². The Balaban J connectivity index is 1.90. The van der Waals surface area contributed by atoms with E-state index in [1.165, 1.54) is 4.57 Å². The smallest absolute Gasteiger partial charge is 0.410 e. The van der Waals surface area contributed by atoms with Crippen molar-refractivity contribution in [3.05, 3.63) is 55.4 Å². The summed E-state index contributed by atoms with van der Waals surface area (Å²) in [6.07, 6.45) is 1.28. The van der Waals surface area contributed by atoms with Crippen molar-refractivity contribution in [3.63, 3.8) is 0 Å². The highest BCUT2D eigenvalue weighted by Crippen LogP contribution is 2.38. The molecule has 1 fully saturated rings. The van der Waals surface area contributed by atoms with Crippen LogP contribution in [0.5, 0.6) is 0 Å². The number of ether oxygens (including phenoxy) is 1. The molecule has 38 heavy (non-hydrogen) atoms. The van der Waals surface area contributed by atoms with Gasteiger partial charge in [0.2, 0.25) is 0 Å². The molecule has 1 aliphatic heterocycles. The zero-order chi connectivity index (χ0) is 28.1. The van der Waals surface area contributed by atoms with E-state index in [9.17, 15) is 9.59 Å². The number of anilines is 1. The molecule has 1 aromatic carbocycles. The monoisotopic (exact) mass is 607 g/mol. The van der Waals surface area contributed by atoms with Crippen LogP contribution < -0.4 is 10.6 Å². The fourth-order valence-electron chi connectivity index (χ4n) is 4.75. The summed E-state index contributed by atoms with van der Waals surface area (Å²) in [4.78, 5) is 38.9. The van der Waals surface area contributed by atoms with Crippen LogP contribution in [-0.4, -0.2) is 56.8 Å². The van der Waals surface area contributed by atoms with E-state index in [1.807, 2.05) is 53.4 Å². The second kappa shape index (κ2) is 10.4. The van der Waals surface area contributed by atoms with Gasteiger partial charge >= 0.3 is 11.8 Å². The zero-order valence-electron chi connectivity index (χ0n) is 22.6. The van der Waals surface area contributed by atoms with E-state index in [1.54, 1.807) is 23.2 Å². The number of hydrogen-bond donors (Lipinski definition) is 0. The van der Waals surface area contributed by atoms with Crippen LogP contribution in [0.1, 0.15) is 58.7 Å². The van der Waals surface area contributed by atoms with Gasteiger partial charge in [0.25, 0.3) is 0 Å². The molecule has 204 valence electrons. The van der Waals surface area contributed by atoms with Gasteiger partial charge in [0.1, 0.15) is 11.4 Å². The van der Waals surface area contributed by atoms with Gasteiger partial charge in [-0.1, -0.05) is 25.4 Å². The molecule has 8 nitrogen and oxygen atoms in total. The Hall–Kier alpha value is -2.72. The zero-order valence-corrected chi connectivity index (χ0v) is 24.9. The number of carbonyl (C=O) groups is 1. The van der Waals surface area contributed by atoms with Crippen LogP contribution in [0, 0.1) is 12.7 Å². The summed E-state index contributed by atoms with van der Waals surface area (Å²) in [5, 5.41) is 0.557. The number of rotatable bonds is 3. The maximum Gasteiger partial charge on any atom is 0.410 e. The van der Waals surface area contributed by atoms with Crippen molar-refractivity contribution >= 4 is 50.3 Å². The van der Waals surface area contributed by atoms with Crippen molar-refractivity contribution < 1.29 is 13.9 Å². The normalized spacial score (nSPS) is 16.4. The third kappa shape index (κ3) is 5.25. The lowest BCUT2D eigenvalue weighted by atomic mass is 10.0. The van der Waals surface area contributed by atoms with Crippen LogP contribution in [0.25, 0.3) is 16.6 Å². The average Bonchev–Trinajstić information content (AvgIpc) is 2.82. The number of carbonyl (C=O) groups excluding carboxylic acids is 1. The SMILES string of the molecule is Cc1ccnc(C(C)C)c1-n1c(=O)nc(N2CCN(C(=O)OC(C)(C)C)C[C@@H]2C)c2cc(Cl)c(Br)c(F)c21. The van der Waals surface area contributed by atoms with E-state index in [0.29, 0.717) is 42.2 Å². The molecule has 0 aliphatic carbocycles. The number of aromatic nitrogens is 3. The maximum atomic E-state index is 16.0. The maximum absolute atomic E-state index is 16.0. The summed E-state index contributed by atoms with van der Waals surface area (Å²) in [6.45, 7) is 14.3. The summed E-state index contributed by atoms with van der Waals surface area (Å²) < 4.78 is 22.9. The molecule has 0 radical (unpaired) electrons. The Morgan fingerprint density at radius 1 is 1.29 bits per heavy atom. The number of halogens is 3. The molecule has 1 atom stereocenters. The van der Waals surface area contributed by atoms with Crippen molar-refractivity contribution in [2.45, 2.75) is 66.0 Å². The van der Waals surface area contributed by atoms with Gasteiger partial charge in [0.15, 0.2) is 5.82 Å². The lowest BCUT2D eigenvalue weighted by molar-refractivity contribution is 0.0218. The Labute approximate surface area is 234 Å². The average molecular weight is 609 g/mol. The van der Waals surface area contributed by atoms with Gasteiger partial charge in [-0.25, -0.2) is 14.0 Å². The summed E-state index contributed by atoms with van der Waals surface area (Å²) >= 11 is 9.66. The minimum atomic E-state index is -0.661. The molecule has 0 bridgehead atoms. The number of fused-ring (bicyclic) bond motifs is 1. The molecule has 3 heterocycles. The minimum absolute atomic E-state index is 0.0220. The molecule has 0 N–H and O–H groups in total. The molecule has 1 aliphatic rings. The highest BCUT2D eigenvalue weighted by molar-refractivity contribution is 9.10. The number of nitrogens with zero attached hydrogens (tertiary/aromatic N) is 5. The van der Waals surface area contributed by atoms with Gasteiger partial charge in [-0.3, -0.25) is 9.55 Å². The number of amides is 1. The first-order chi connectivity index (χ1) is 17.7. The molecule has 0 spiro atoms. The van der Waals surface area contributed by atoms with Gasteiger partial charge < -0.3 is 14.5 Å². The van der Waals surface area contributed by atoms with Crippen molar-refractivity contribution in [1.29, 1.82) is 0 Å². The molecule has 2 aromatic heterocycles. The Bertz CT molecular complexity index is 1470. The second-order valence-corrected chi connectivity index (χ2v) is 12.1. The predicted octanol–water partition coefficient (Wildman–Crippen LogP) is 6.21. The fourth-order valence-corrected chi connectivity index (χ4v) is 5.24. The van der Waals surface area contributed by atoms with E-state index in [2.05, 4.69) is 25.9 Å². The summed E-state index contributed by atoms with van der Waals surface area (Å²) in [5.74, 6) is -0.365. The lowest BCUT2D eigenvalue weighted by Crippen LogP contribution is -2.55. The Morgan fingerprint density at radius 3 is 2.58 bits per heavy atom. The first-order valence-electron chi connectivity index (χ1n) is 12.5. The largest absolute Gasteiger partial charge is 0.444 e. The van der Waals surface area contributed by atoms with E-state index < -0.39 is 23.2 Å². The van der Waals surface area contributed by atoms with Crippen LogP contribution in [0.3, 0.4) is 0 Å². The molecular formula is C27H32BrClFN5O3. The van der Waals surface area contributed by atoms with Crippen molar-refractivity contribution in [1.82, 2.24) is 19.4 Å².